The Morgan fingerprint density at radius 1 is 0.500 bits per heavy atom. The van der Waals surface area contributed by atoms with E-state index in [2.05, 4.69) is 11.7 Å². The first kappa shape index (κ1) is 32.7. The molecule has 0 aliphatic rings. The summed E-state index contributed by atoms with van der Waals surface area (Å²) in [6, 6.07) is 0. The largest absolute Gasteiger partial charge is 0.467 e. The number of unbranched alkanes of at least 4 members (excludes halogenated alkanes) is 8. The van der Waals surface area contributed by atoms with Crippen LogP contribution in [0.2, 0.25) is 0 Å². The molecule has 0 aliphatic carbocycles. The maximum absolute atomic E-state index is 11.7. The van der Waals surface area contributed by atoms with Crippen molar-refractivity contribution in [1.29, 1.82) is 0 Å². The van der Waals surface area contributed by atoms with Gasteiger partial charge >= 0.3 is 11.9 Å². The van der Waals surface area contributed by atoms with Crippen molar-refractivity contribution in [1.82, 2.24) is 0 Å². The van der Waals surface area contributed by atoms with Gasteiger partial charge in [-0.05, 0) is 6.42 Å². The first-order valence-electron chi connectivity index (χ1n) is 12.8. The highest BCUT2D eigenvalue weighted by molar-refractivity contribution is 5.70. The molecule has 0 atom stereocenters. The fourth-order valence-corrected chi connectivity index (χ4v) is 2.96. The van der Waals surface area contributed by atoms with Crippen molar-refractivity contribution >= 4 is 11.9 Å². The van der Waals surface area contributed by atoms with Gasteiger partial charge in [0.05, 0.1) is 66.6 Å². The minimum Gasteiger partial charge on any atom is -0.467 e. The molecule has 0 N–H and O–H groups in total. The van der Waals surface area contributed by atoms with Gasteiger partial charge in [0.25, 0.3) is 0 Å². The first-order valence-corrected chi connectivity index (χ1v) is 12.8. The average Bonchev–Trinajstić information content (AvgIpc) is 2.84. The Bertz CT molecular complexity index is 446. The van der Waals surface area contributed by atoms with Crippen LogP contribution in [0, 0.1) is 0 Å². The lowest BCUT2D eigenvalue weighted by Gasteiger charge is -2.08. The van der Waals surface area contributed by atoms with Gasteiger partial charge in [0.2, 0.25) is 0 Å². The molecule has 9 nitrogen and oxygen atoms in total. The fraction of sp³-hybridized carbons (Fsp3) is 0.920. The zero-order valence-corrected chi connectivity index (χ0v) is 21.5. The van der Waals surface area contributed by atoms with Crippen LogP contribution in [0.1, 0.15) is 71.1 Å². The molecule has 0 unspecified atom stereocenters. The van der Waals surface area contributed by atoms with Gasteiger partial charge in [0.15, 0.2) is 0 Å². The van der Waals surface area contributed by atoms with Crippen molar-refractivity contribution in [3.8, 4) is 0 Å². The summed E-state index contributed by atoms with van der Waals surface area (Å²) in [5, 5.41) is 0. The molecule has 34 heavy (non-hydrogen) atoms. The Morgan fingerprint density at radius 2 is 0.912 bits per heavy atom. The zero-order chi connectivity index (χ0) is 25.0. The number of hydrogen-bond donors (Lipinski definition) is 0. The highest BCUT2D eigenvalue weighted by Crippen LogP contribution is 2.10. The maximum Gasteiger partial charge on any atom is 0.331 e. The molecule has 0 radical (unpaired) electrons. The van der Waals surface area contributed by atoms with Crippen molar-refractivity contribution in [2.45, 2.75) is 71.1 Å². The standard InChI is InChI=1S/C25H48O9/c1-3-4-5-6-7-8-9-10-11-12-24(26)34-22-21-32-18-17-30-14-13-29-15-16-31-19-20-33-23-25(27)28-2/h3-23H2,1-2H3. The maximum atomic E-state index is 11.7. The molecule has 0 heterocycles. The van der Waals surface area contributed by atoms with Crippen molar-refractivity contribution in [2.75, 3.05) is 79.8 Å². The lowest BCUT2D eigenvalue weighted by molar-refractivity contribution is -0.146. The number of rotatable bonds is 27. The van der Waals surface area contributed by atoms with E-state index in [4.69, 9.17) is 28.4 Å². The zero-order valence-electron chi connectivity index (χ0n) is 21.5. The van der Waals surface area contributed by atoms with E-state index in [-0.39, 0.29) is 19.2 Å². The Kier molecular flexibility index (Phi) is 26.9. The van der Waals surface area contributed by atoms with Crippen LogP contribution < -0.4 is 0 Å². The van der Waals surface area contributed by atoms with Crippen LogP contribution in [0.3, 0.4) is 0 Å². The van der Waals surface area contributed by atoms with Gasteiger partial charge in [0, 0.05) is 6.42 Å². The molecule has 202 valence electrons. The Hall–Kier alpha value is -1.26. The molecule has 0 spiro atoms. The quantitative estimate of drug-likeness (QED) is 0.125. The van der Waals surface area contributed by atoms with E-state index in [1.165, 1.54) is 52.1 Å². The third kappa shape index (κ3) is 27.0. The summed E-state index contributed by atoms with van der Waals surface area (Å²) in [6.07, 6.45) is 11.6. The van der Waals surface area contributed by atoms with E-state index in [1.54, 1.807) is 0 Å². The van der Waals surface area contributed by atoms with E-state index in [9.17, 15) is 9.59 Å². The van der Waals surface area contributed by atoms with Gasteiger partial charge in [-0.2, -0.15) is 0 Å². The smallest absolute Gasteiger partial charge is 0.331 e. The fourth-order valence-electron chi connectivity index (χ4n) is 2.96. The molecule has 0 saturated heterocycles. The van der Waals surface area contributed by atoms with Crippen LogP contribution in [0.25, 0.3) is 0 Å². The van der Waals surface area contributed by atoms with Gasteiger partial charge in [-0.3, -0.25) is 4.79 Å². The highest BCUT2D eigenvalue weighted by Gasteiger charge is 2.03. The van der Waals surface area contributed by atoms with Crippen LogP contribution in [0.4, 0.5) is 0 Å². The summed E-state index contributed by atoms with van der Waals surface area (Å²) in [4.78, 5) is 22.5. The summed E-state index contributed by atoms with van der Waals surface area (Å²) in [5.41, 5.74) is 0. The molecular weight excluding hydrogens is 444 g/mol. The molecule has 0 fully saturated rings. The van der Waals surface area contributed by atoms with Crippen LogP contribution in [0.5, 0.6) is 0 Å². The second kappa shape index (κ2) is 28.0. The Balaban J connectivity index is 3.15. The molecule has 0 rings (SSSR count). The lowest BCUT2D eigenvalue weighted by atomic mass is 10.1. The lowest BCUT2D eigenvalue weighted by Crippen LogP contribution is -2.16. The number of ether oxygens (including phenoxy) is 7. The van der Waals surface area contributed by atoms with Gasteiger partial charge in [-0.15, -0.1) is 0 Å². The summed E-state index contributed by atoms with van der Waals surface area (Å²) in [7, 11) is 1.31. The van der Waals surface area contributed by atoms with E-state index in [0.717, 1.165) is 12.8 Å². The van der Waals surface area contributed by atoms with Crippen LogP contribution in [0.15, 0.2) is 0 Å². The number of methoxy groups -OCH3 is 1. The summed E-state index contributed by atoms with van der Waals surface area (Å²) < 4.78 is 36.2. The van der Waals surface area contributed by atoms with Crippen LogP contribution in [-0.4, -0.2) is 91.7 Å². The van der Waals surface area contributed by atoms with E-state index in [0.29, 0.717) is 65.9 Å². The summed E-state index contributed by atoms with van der Waals surface area (Å²) in [6.45, 7) is 6.31. The number of carbonyl (C=O) groups is 2. The number of esters is 2. The van der Waals surface area contributed by atoms with Gasteiger partial charge in [0.1, 0.15) is 13.2 Å². The molecule has 0 amide bonds. The minimum absolute atomic E-state index is 0.0675. The molecule has 0 aliphatic heterocycles. The van der Waals surface area contributed by atoms with Crippen molar-refractivity contribution < 1.29 is 42.7 Å². The predicted octanol–water partition coefficient (Wildman–Crippen LogP) is 3.71. The second-order valence-corrected chi connectivity index (χ2v) is 7.88. The summed E-state index contributed by atoms with van der Waals surface area (Å²) in [5.74, 6) is -0.547. The SMILES string of the molecule is CCCCCCCCCCCC(=O)OCCOCCOCCOCCOCCOCC(=O)OC. The minimum atomic E-state index is -0.406. The van der Waals surface area contributed by atoms with Gasteiger partial charge < -0.3 is 33.2 Å². The van der Waals surface area contributed by atoms with E-state index in [1.807, 2.05) is 0 Å². The van der Waals surface area contributed by atoms with Crippen LogP contribution >= 0.6 is 0 Å². The molecule has 0 aromatic heterocycles. The van der Waals surface area contributed by atoms with E-state index >= 15 is 0 Å². The normalized spacial score (nSPS) is 11.0. The van der Waals surface area contributed by atoms with Crippen molar-refractivity contribution in [3.05, 3.63) is 0 Å². The summed E-state index contributed by atoms with van der Waals surface area (Å²) >= 11 is 0. The Labute approximate surface area is 206 Å². The molecule has 0 bridgehead atoms. The molecule has 0 aromatic carbocycles. The van der Waals surface area contributed by atoms with Crippen molar-refractivity contribution in [3.63, 3.8) is 0 Å². The number of carbonyl (C=O) groups excluding carboxylic acids is 2. The molecular formula is C25H48O9. The monoisotopic (exact) mass is 492 g/mol. The highest BCUT2D eigenvalue weighted by atomic mass is 16.6. The van der Waals surface area contributed by atoms with Crippen molar-refractivity contribution in [2.24, 2.45) is 0 Å². The average molecular weight is 493 g/mol. The Morgan fingerprint density at radius 3 is 1.38 bits per heavy atom. The third-order valence-corrected chi connectivity index (χ3v) is 4.91. The second-order valence-electron chi connectivity index (χ2n) is 7.88. The van der Waals surface area contributed by atoms with Gasteiger partial charge in [-0.25, -0.2) is 4.79 Å². The molecule has 0 saturated carbocycles. The predicted molar refractivity (Wildman–Crippen MR) is 129 cm³/mol. The topological polar surface area (TPSA) is 98.8 Å². The van der Waals surface area contributed by atoms with E-state index < -0.39 is 5.97 Å². The van der Waals surface area contributed by atoms with Crippen LogP contribution in [-0.2, 0) is 42.7 Å². The van der Waals surface area contributed by atoms with Gasteiger partial charge in [-0.1, -0.05) is 58.3 Å². The number of hydrogen-bond acceptors (Lipinski definition) is 9. The molecule has 9 heteroatoms. The third-order valence-electron chi connectivity index (χ3n) is 4.91. The first-order chi connectivity index (χ1) is 16.7. The molecule has 0 aromatic rings.